The molecule has 0 radical (unpaired) electrons. The molecule has 0 atom stereocenters. The number of thiophene rings is 1. The monoisotopic (exact) mass is 781 g/mol. The van der Waals surface area contributed by atoms with Crippen LogP contribution in [-0.4, -0.2) is 0 Å². The second kappa shape index (κ2) is 12.3. The minimum Gasteiger partial charge on any atom is -0.309 e. The van der Waals surface area contributed by atoms with Gasteiger partial charge in [-0.1, -0.05) is 172 Å². The Balaban J connectivity index is 1.11. The van der Waals surface area contributed by atoms with Crippen LogP contribution in [0.5, 0.6) is 0 Å². The van der Waals surface area contributed by atoms with Gasteiger partial charge in [-0.25, -0.2) is 0 Å². The van der Waals surface area contributed by atoms with Crippen LogP contribution in [0.3, 0.4) is 0 Å². The van der Waals surface area contributed by atoms with E-state index in [1.165, 1.54) is 104 Å². The quantitative estimate of drug-likeness (QED) is 0.172. The van der Waals surface area contributed by atoms with E-state index in [-0.39, 0.29) is 5.41 Å². The second-order valence-corrected chi connectivity index (χ2v) is 18.2. The molecule has 0 aliphatic heterocycles. The summed E-state index contributed by atoms with van der Waals surface area (Å²) < 4.78 is 2.64. The zero-order valence-corrected chi connectivity index (χ0v) is 34.2. The van der Waals surface area contributed by atoms with Gasteiger partial charge >= 0.3 is 0 Å². The molecule has 0 N–H and O–H groups in total. The molecule has 0 saturated carbocycles. The maximum Gasteiger partial charge on any atom is 0.0726 e. The van der Waals surface area contributed by atoms with Gasteiger partial charge < -0.3 is 4.90 Å². The molecule has 0 unspecified atom stereocenters. The van der Waals surface area contributed by atoms with E-state index in [2.05, 4.69) is 219 Å². The van der Waals surface area contributed by atoms with E-state index in [1.54, 1.807) is 0 Å². The Kier molecular flexibility index (Phi) is 6.94. The van der Waals surface area contributed by atoms with Gasteiger partial charge in [-0.15, -0.1) is 11.3 Å². The third-order valence-corrected chi connectivity index (χ3v) is 15.0. The van der Waals surface area contributed by atoms with Gasteiger partial charge in [0.15, 0.2) is 0 Å². The number of hydrogen-bond acceptors (Lipinski definition) is 2. The molecule has 1 aromatic heterocycles. The summed E-state index contributed by atoms with van der Waals surface area (Å²) >= 11 is 1.87. The molecular formula is C58H39NS. The molecule has 10 aromatic rings. The first-order valence-electron chi connectivity index (χ1n) is 21.0. The summed E-state index contributed by atoms with van der Waals surface area (Å²) in [4.78, 5) is 2.58. The standard InChI is InChI=1S/C58H39NS/c1-57(2)46-22-9-3-17-39(46)42-32-31-37(35-51(42)57)59(52-27-13-7-16-38(52)36-30-33-55-45(34-36)43-20-8-14-29-54(43)60-55)53-28-15-26-50-56(53)44-21-6-12-25-49(44)58(50)47-23-10-4-18-40(47)41-19-5-11-24-48(41)58/h3-35H,1-2H3. The molecule has 3 aliphatic carbocycles. The van der Waals surface area contributed by atoms with Crippen molar-refractivity contribution in [2.24, 2.45) is 0 Å². The van der Waals surface area contributed by atoms with Crippen molar-refractivity contribution in [2.75, 3.05) is 4.90 Å². The molecule has 1 spiro atoms. The number of rotatable bonds is 4. The molecule has 13 rings (SSSR count). The summed E-state index contributed by atoms with van der Waals surface area (Å²) in [5, 5.41) is 2.62. The Morgan fingerprint density at radius 2 is 0.900 bits per heavy atom. The van der Waals surface area contributed by atoms with E-state index in [1.807, 2.05) is 11.3 Å². The summed E-state index contributed by atoms with van der Waals surface area (Å²) in [5.74, 6) is 0. The average molecular weight is 782 g/mol. The maximum absolute atomic E-state index is 2.58. The minimum absolute atomic E-state index is 0.148. The molecule has 9 aromatic carbocycles. The molecule has 282 valence electrons. The van der Waals surface area contributed by atoms with Crippen molar-refractivity contribution in [3.8, 4) is 44.5 Å². The van der Waals surface area contributed by atoms with Crippen LogP contribution in [-0.2, 0) is 10.8 Å². The van der Waals surface area contributed by atoms with Crippen molar-refractivity contribution in [1.82, 2.24) is 0 Å². The zero-order valence-electron chi connectivity index (χ0n) is 33.4. The van der Waals surface area contributed by atoms with Crippen LogP contribution >= 0.6 is 11.3 Å². The molecule has 1 heterocycles. The molecule has 0 fully saturated rings. The highest BCUT2D eigenvalue weighted by molar-refractivity contribution is 7.25. The molecule has 0 amide bonds. The number of anilines is 3. The normalized spacial score (nSPS) is 14.4. The summed E-state index contributed by atoms with van der Waals surface area (Å²) in [6.07, 6.45) is 0. The smallest absolute Gasteiger partial charge is 0.0726 e. The largest absolute Gasteiger partial charge is 0.309 e. The molecule has 1 nitrogen and oxygen atoms in total. The van der Waals surface area contributed by atoms with Crippen molar-refractivity contribution in [3.63, 3.8) is 0 Å². The number of benzene rings is 9. The van der Waals surface area contributed by atoms with Gasteiger partial charge in [-0.2, -0.15) is 0 Å². The van der Waals surface area contributed by atoms with Crippen LogP contribution in [0.1, 0.15) is 47.2 Å². The number of para-hydroxylation sites is 1. The van der Waals surface area contributed by atoms with Gasteiger partial charge in [-0.05, 0) is 109 Å². The first kappa shape index (κ1) is 33.9. The lowest BCUT2D eigenvalue weighted by atomic mass is 9.70. The highest BCUT2D eigenvalue weighted by Gasteiger charge is 2.52. The van der Waals surface area contributed by atoms with E-state index in [0.29, 0.717) is 0 Å². The van der Waals surface area contributed by atoms with Crippen molar-refractivity contribution in [2.45, 2.75) is 24.7 Å². The maximum atomic E-state index is 2.58. The van der Waals surface area contributed by atoms with Crippen LogP contribution < -0.4 is 4.90 Å². The fraction of sp³-hybridized carbons (Fsp3) is 0.0690. The van der Waals surface area contributed by atoms with Gasteiger partial charge in [0, 0.05) is 42.4 Å². The molecule has 2 heteroatoms. The van der Waals surface area contributed by atoms with Crippen molar-refractivity contribution in [3.05, 3.63) is 234 Å². The van der Waals surface area contributed by atoms with E-state index >= 15 is 0 Å². The fourth-order valence-electron chi connectivity index (χ4n) is 11.4. The highest BCUT2D eigenvalue weighted by Crippen LogP contribution is 2.65. The Morgan fingerprint density at radius 3 is 1.65 bits per heavy atom. The molecule has 0 saturated heterocycles. The third kappa shape index (κ3) is 4.36. The van der Waals surface area contributed by atoms with E-state index in [0.717, 1.165) is 11.4 Å². The van der Waals surface area contributed by atoms with Crippen LogP contribution in [0.4, 0.5) is 17.1 Å². The number of hydrogen-bond donors (Lipinski definition) is 0. The first-order valence-corrected chi connectivity index (χ1v) is 21.8. The summed E-state index contributed by atoms with van der Waals surface area (Å²) in [6.45, 7) is 4.77. The van der Waals surface area contributed by atoms with Crippen molar-refractivity contribution < 1.29 is 0 Å². The molecule has 3 aliphatic rings. The molecular weight excluding hydrogens is 743 g/mol. The predicted molar refractivity (Wildman–Crippen MR) is 253 cm³/mol. The van der Waals surface area contributed by atoms with Gasteiger partial charge in [0.05, 0.1) is 16.8 Å². The highest BCUT2D eigenvalue weighted by atomic mass is 32.1. The van der Waals surface area contributed by atoms with Crippen molar-refractivity contribution in [1.29, 1.82) is 0 Å². The lowest BCUT2D eigenvalue weighted by Gasteiger charge is -2.33. The lowest BCUT2D eigenvalue weighted by molar-refractivity contribution is 0.660. The Labute approximate surface area is 354 Å². The summed E-state index contributed by atoms with van der Waals surface area (Å²) in [6, 6.07) is 75.5. The summed E-state index contributed by atoms with van der Waals surface area (Å²) in [7, 11) is 0. The fourth-order valence-corrected chi connectivity index (χ4v) is 12.4. The van der Waals surface area contributed by atoms with Crippen LogP contribution in [0.25, 0.3) is 64.7 Å². The number of fused-ring (bicyclic) bond motifs is 16. The number of nitrogens with zero attached hydrogens (tertiary/aromatic N) is 1. The molecule has 0 bridgehead atoms. The van der Waals surface area contributed by atoms with Gasteiger partial charge in [-0.3, -0.25) is 0 Å². The Bertz CT molecular complexity index is 3390. The lowest BCUT2D eigenvalue weighted by Crippen LogP contribution is -2.26. The van der Waals surface area contributed by atoms with Gasteiger partial charge in [0.1, 0.15) is 0 Å². The zero-order chi connectivity index (χ0) is 39.7. The summed E-state index contributed by atoms with van der Waals surface area (Å²) in [5.41, 5.74) is 21.3. The first-order chi connectivity index (χ1) is 29.5. The average Bonchev–Trinajstić information content (AvgIpc) is 3.99. The Morgan fingerprint density at radius 1 is 0.367 bits per heavy atom. The van der Waals surface area contributed by atoms with Crippen LogP contribution in [0, 0.1) is 0 Å². The van der Waals surface area contributed by atoms with Gasteiger partial charge in [0.25, 0.3) is 0 Å². The van der Waals surface area contributed by atoms with Crippen molar-refractivity contribution >= 4 is 48.6 Å². The predicted octanol–water partition coefficient (Wildman–Crippen LogP) is 15.8. The second-order valence-electron chi connectivity index (χ2n) is 17.1. The van der Waals surface area contributed by atoms with E-state index < -0.39 is 5.41 Å². The van der Waals surface area contributed by atoms with E-state index in [9.17, 15) is 0 Å². The minimum atomic E-state index is -0.438. The van der Waals surface area contributed by atoms with Gasteiger partial charge in [0.2, 0.25) is 0 Å². The topological polar surface area (TPSA) is 3.24 Å². The Hall–Kier alpha value is -7.00. The third-order valence-electron chi connectivity index (χ3n) is 13.9. The molecule has 60 heavy (non-hydrogen) atoms. The van der Waals surface area contributed by atoms with E-state index in [4.69, 9.17) is 0 Å². The SMILES string of the molecule is CC1(C)c2ccccc2-c2ccc(N(c3ccccc3-c3ccc4sc5ccccc5c4c3)c3cccc4c3-c3ccccc3C43c4ccccc4-c4ccccc43)cc21. The van der Waals surface area contributed by atoms with Crippen LogP contribution in [0.2, 0.25) is 0 Å². The van der Waals surface area contributed by atoms with Crippen LogP contribution in [0.15, 0.2) is 200 Å².